The van der Waals surface area contributed by atoms with Crippen molar-refractivity contribution in [3.05, 3.63) is 171 Å². The van der Waals surface area contributed by atoms with Gasteiger partial charge in [0, 0.05) is 96.7 Å². The van der Waals surface area contributed by atoms with Crippen molar-refractivity contribution in [2.24, 2.45) is 0 Å². The third-order valence-corrected chi connectivity index (χ3v) is 21.7. The molecule has 95 heavy (non-hydrogen) atoms. The number of fused-ring (bicyclic) bond motifs is 7. The van der Waals surface area contributed by atoms with E-state index in [9.17, 15) is 48.5 Å². The number of likely N-dealkylation sites (N-methyl/N-ethyl adjacent to an activating group) is 2. The highest BCUT2D eigenvalue weighted by Gasteiger charge is 2.45. The molecule has 0 saturated carbocycles. The molecule has 2 atom stereocenters. The van der Waals surface area contributed by atoms with Crippen LogP contribution in [0.3, 0.4) is 0 Å². The maximum absolute atomic E-state index is 13.7. The first kappa shape index (κ1) is 69.9. The standard InChI is InChI=1S/C72H87N9O11S3/c1-10-80-61-30-27-55-46(4)36-53(93(84,85)86)38-57(55)67(61)71(6,7)64(80)32-25-48(26-33-65-72(8,9)68-58-39-54(94(87,88)89)40-63(95(90,91)92)56(58)28-31-62(68)81(65)11-2)59-29-24-50(41-77-59)70(83)74-34-18-14-17-23-66(82)78-42-51-37-49-21-19-35-73-69(49)79-60(51)22-16-13-12-15-20-45(3)52-43-75-47(5)76-44-52/h24-33,36-41,43-45,64H,10-23,34-35,42H2,1-9H3,(H,73,79)(H,74,83)(H,78,82)(H,84,85,86)(H,87,88,89)(H,90,91,92)/b32-25+,48-26-,65-33+/t45-,64?/m1/s1. The van der Waals surface area contributed by atoms with Crippen LogP contribution in [0.2, 0.25) is 0 Å². The molecular weight excluding hydrogens is 1260 g/mol. The number of amides is 2. The number of anilines is 3. The number of pyridine rings is 2. The number of hydrogen-bond donors (Lipinski definition) is 6. The van der Waals surface area contributed by atoms with Crippen molar-refractivity contribution in [1.82, 2.24) is 30.6 Å². The molecule has 10 rings (SSSR count). The monoisotopic (exact) mass is 1350 g/mol. The summed E-state index contributed by atoms with van der Waals surface area (Å²) in [6, 6.07) is 17.6. The zero-order valence-corrected chi connectivity index (χ0v) is 58.0. The Balaban J connectivity index is 0.831. The first-order valence-corrected chi connectivity index (χ1v) is 37.1. The molecule has 3 aromatic heterocycles. The van der Waals surface area contributed by atoms with Crippen molar-refractivity contribution in [3.8, 4) is 0 Å². The van der Waals surface area contributed by atoms with Crippen molar-refractivity contribution in [1.29, 1.82) is 0 Å². The van der Waals surface area contributed by atoms with Gasteiger partial charge in [0.25, 0.3) is 36.3 Å². The largest absolute Gasteiger partial charge is 0.370 e. The molecule has 23 heteroatoms. The number of benzene rings is 4. The molecule has 504 valence electrons. The van der Waals surface area contributed by atoms with E-state index in [1.165, 1.54) is 41.6 Å². The van der Waals surface area contributed by atoms with Crippen molar-refractivity contribution in [2.75, 3.05) is 41.3 Å². The third-order valence-electron chi connectivity index (χ3n) is 19.1. The summed E-state index contributed by atoms with van der Waals surface area (Å²) in [4.78, 5) is 48.3. The average Bonchev–Trinajstić information content (AvgIpc) is 1.60. The van der Waals surface area contributed by atoms with Crippen LogP contribution < -0.4 is 25.8 Å². The summed E-state index contributed by atoms with van der Waals surface area (Å²) in [5.74, 6) is 1.81. The maximum atomic E-state index is 13.7. The van der Waals surface area contributed by atoms with E-state index in [0.29, 0.717) is 90.4 Å². The van der Waals surface area contributed by atoms with Gasteiger partial charge in [-0.15, -0.1) is 0 Å². The van der Waals surface area contributed by atoms with E-state index in [1.807, 2.05) is 89.2 Å². The molecule has 6 heterocycles. The number of nitrogens with zero attached hydrogens (tertiary/aromatic N) is 6. The smallest absolute Gasteiger partial charge is 0.295 e. The zero-order valence-electron chi connectivity index (χ0n) is 55.6. The molecule has 3 aliphatic rings. The number of aryl methyl sites for hydroxylation is 4. The Bertz CT molecular complexity index is 4550. The van der Waals surface area contributed by atoms with Crippen LogP contribution >= 0.6 is 0 Å². The lowest BCUT2D eigenvalue weighted by Gasteiger charge is -2.32. The number of hydrogen-bond acceptors (Lipinski definition) is 15. The Morgan fingerprint density at radius 3 is 2.11 bits per heavy atom. The van der Waals surface area contributed by atoms with Crippen LogP contribution in [-0.4, -0.2) is 103 Å². The fraction of sp³-hybridized carbons (Fsp3) is 0.417. The number of unbranched alkanes of at least 4 members (excludes halogenated alkanes) is 5. The maximum Gasteiger partial charge on any atom is 0.295 e. The molecule has 20 nitrogen and oxygen atoms in total. The number of carbonyl (C=O) groups is 2. The second kappa shape index (κ2) is 28.4. The van der Waals surface area contributed by atoms with E-state index in [4.69, 9.17) is 9.97 Å². The number of rotatable bonds is 26. The predicted octanol–water partition coefficient (Wildman–Crippen LogP) is 13.0. The lowest BCUT2D eigenvalue weighted by Crippen LogP contribution is -2.39. The molecule has 0 aliphatic carbocycles. The molecule has 7 aromatic rings. The molecular formula is C72H87N9O11S3. The molecule has 0 saturated heterocycles. The molecule has 0 fully saturated rings. The van der Waals surface area contributed by atoms with Gasteiger partial charge < -0.3 is 25.8 Å². The van der Waals surface area contributed by atoms with E-state index in [0.717, 1.165) is 116 Å². The second-order valence-corrected chi connectivity index (χ2v) is 30.6. The van der Waals surface area contributed by atoms with Crippen LogP contribution in [0.4, 0.5) is 17.2 Å². The number of aromatic nitrogens is 4. The topological polar surface area (TPSA) is 291 Å². The van der Waals surface area contributed by atoms with E-state index in [2.05, 4.69) is 63.7 Å². The van der Waals surface area contributed by atoms with Gasteiger partial charge in [0.2, 0.25) is 5.91 Å². The van der Waals surface area contributed by atoms with Gasteiger partial charge in [-0.1, -0.05) is 90.7 Å². The predicted molar refractivity (Wildman–Crippen MR) is 373 cm³/mol. The average molecular weight is 1350 g/mol. The van der Waals surface area contributed by atoms with Crippen LogP contribution in [0.25, 0.3) is 27.1 Å². The highest BCUT2D eigenvalue weighted by Crippen LogP contribution is 2.53. The summed E-state index contributed by atoms with van der Waals surface area (Å²) < 4.78 is 107. The Labute approximate surface area is 558 Å². The summed E-state index contributed by atoms with van der Waals surface area (Å²) >= 11 is 0. The number of nitrogens with one attached hydrogen (secondary N) is 3. The molecule has 0 spiro atoms. The Morgan fingerprint density at radius 1 is 0.737 bits per heavy atom. The summed E-state index contributed by atoms with van der Waals surface area (Å²) in [7, 11) is -14.4. The highest BCUT2D eigenvalue weighted by atomic mass is 32.2. The molecule has 4 aromatic carbocycles. The molecule has 2 amide bonds. The summed E-state index contributed by atoms with van der Waals surface area (Å²) in [5.41, 5.74) is 8.88. The molecule has 1 unspecified atom stereocenters. The summed E-state index contributed by atoms with van der Waals surface area (Å²) in [5, 5.41) is 11.5. The summed E-state index contributed by atoms with van der Waals surface area (Å²) in [6.45, 7) is 20.7. The minimum Gasteiger partial charge on any atom is -0.370 e. The van der Waals surface area contributed by atoms with Gasteiger partial charge in [-0.25, -0.2) is 15.0 Å². The normalized spacial score (nSPS) is 16.9. The lowest BCUT2D eigenvalue weighted by atomic mass is 9.77. The first-order chi connectivity index (χ1) is 45.0. The summed E-state index contributed by atoms with van der Waals surface area (Å²) in [6.07, 6.45) is 23.9. The van der Waals surface area contributed by atoms with E-state index in [-0.39, 0.29) is 33.5 Å². The van der Waals surface area contributed by atoms with Crippen molar-refractivity contribution < 1.29 is 48.5 Å². The van der Waals surface area contributed by atoms with Gasteiger partial charge in [-0.05, 0) is 194 Å². The third kappa shape index (κ3) is 15.2. The molecule has 0 bridgehead atoms. The Morgan fingerprint density at radius 2 is 1.42 bits per heavy atom. The highest BCUT2D eigenvalue weighted by molar-refractivity contribution is 7.87. The number of carbonyl (C=O) groups excluding carboxylic acids is 2. The van der Waals surface area contributed by atoms with Gasteiger partial charge in [-0.3, -0.25) is 28.2 Å². The lowest BCUT2D eigenvalue weighted by molar-refractivity contribution is -0.121. The second-order valence-electron chi connectivity index (χ2n) is 26.4. The van der Waals surface area contributed by atoms with Crippen molar-refractivity contribution in [3.63, 3.8) is 0 Å². The van der Waals surface area contributed by atoms with Crippen molar-refractivity contribution >= 4 is 86.5 Å². The van der Waals surface area contributed by atoms with E-state index >= 15 is 0 Å². The van der Waals surface area contributed by atoms with Crippen LogP contribution in [0.5, 0.6) is 0 Å². The molecule has 0 radical (unpaired) electrons. The van der Waals surface area contributed by atoms with Gasteiger partial charge in [-0.2, -0.15) is 25.3 Å². The Hall–Kier alpha value is -7.93. The molecule has 6 N–H and O–H groups in total. The van der Waals surface area contributed by atoms with Crippen LogP contribution in [0.1, 0.15) is 180 Å². The molecule has 3 aliphatic heterocycles. The fourth-order valence-corrected chi connectivity index (χ4v) is 16.0. The zero-order chi connectivity index (χ0) is 68.4. The number of allylic oxidation sites excluding steroid dienone is 5. The van der Waals surface area contributed by atoms with Gasteiger partial charge in [0.15, 0.2) is 0 Å². The van der Waals surface area contributed by atoms with Crippen LogP contribution in [-0.2, 0) is 65.4 Å². The van der Waals surface area contributed by atoms with Gasteiger partial charge in [0.1, 0.15) is 16.5 Å². The van der Waals surface area contributed by atoms with Gasteiger partial charge in [0.05, 0.1) is 27.1 Å². The fourth-order valence-electron chi connectivity index (χ4n) is 14.1. The first-order valence-electron chi connectivity index (χ1n) is 32.8. The van der Waals surface area contributed by atoms with E-state index < -0.39 is 51.0 Å². The minimum absolute atomic E-state index is 0.0306. The minimum atomic E-state index is -4.97. The van der Waals surface area contributed by atoms with Crippen molar-refractivity contribution in [2.45, 2.75) is 183 Å². The SMILES string of the molecule is CCN1/C(=C/C=C(/C=C/C2N(CC)c3ccc4c(C)cc(S(=O)(=O)O)cc4c3C2(C)C)c2ccc(C(=O)NCCCCCC(=O)NCc3cc4c(nc3CCCCCC[C@@H](C)c3cnc(C)nc3)NCCC4)cn2)C(C)(C)c2c1ccc1c(S(=O)(=O)O)cc(S(=O)(=O)O)cc21. The van der Waals surface area contributed by atoms with Gasteiger partial charge >= 0.3 is 0 Å². The Kier molecular flexibility index (Phi) is 20.9. The van der Waals surface area contributed by atoms with Crippen LogP contribution in [0, 0.1) is 13.8 Å². The van der Waals surface area contributed by atoms with E-state index in [1.54, 1.807) is 18.2 Å². The van der Waals surface area contributed by atoms with Crippen LogP contribution in [0.15, 0.2) is 130 Å². The quantitative estimate of drug-likeness (QED) is 0.0167.